The fraction of sp³-hybridized carbons (Fsp3) is 0.667. The van der Waals surface area contributed by atoms with Gasteiger partial charge >= 0.3 is 0 Å². The number of oxazole rings is 1. The van der Waals surface area contributed by atoms with Gasteiger partial charge in [0.15, 0.2) is 0 Å². The summed E-state index contributed by atoms with van der Waals surface area (Å²) in [5, 5.41) is 0. The van der Waals surface area contributed by atoms with E-state index in [2.05, 4.69) is 9.88 Å². The molecule has 4 heteroatoms. The smallest absolute Gasteiger partial charge is 0.297 e. The van der Waals surface area contributed by atoms with Crippen molar-refractivity contribution in [1.82, 2.24) is 4.98 Å². The van der Waals surface area contributed by atoms with Gasteiger partial charge in [-0.05, 0) is 18.3 Å². The predicted molar refractivity (Wildman–Crippen MR) is 48.2 cm³/mol. The van der Waals surface area contributed by atoms with Crippen LogP contribution in [0, 0.1) is 11.8 Å². The van der Waals surface area contributed by atoms with E-state index in [-0.39, 0.29) is 0 Å². The largest absolute Gasteiger partial charge is 0.432 e. The normalized spacial score (nSPS) is 30.7. The van der Waals surface area contributed by atoms with Crippen molar-refractivity contribution in [2.24, 2.45) is 17.6 Å². The molecule has 13 heavy (non-hydrogen) atoms. The zero-order valence-corrected chi connectivity index (χ0v) is 7.44. The molecule has 2 aliphatic rings. The Labute approximate surface area is 76.7 Å². The maximum atomic E-state index is 5.46. The van der Waals surface area contributed by atoms with Gasteiger partial charge in [0.25, 0.3) is 6.01 Å². The zero-order valence-electron chi connectivity index (χ0n) is 7.44. The molecule has 1 saturated heterocycles. The Morgan fingerprint density at radius 3 is 2.92 bits per heavy atom. The van der Waals surface area contributed by atoms with Gasteiger partial charge in [-0.3, -0.25) is 0 Å². The van der Waals surface area contributed by atoms with Crippen molar-refractivity contribution in [2.45, 2.75) is 13.0 Å². The molecule has 0 amide bonds. The van der Waals surface area contributed by atoms with E-state index in [1.54, 1.807) is 6.26 Å². The van der Waals surface area contributed by atoms with Gasteiger partial charge in [-0.25, -0.2) is 0 Å². The summed E-state index contributed by atoms with van der Waals surface area (Å²) in [6.45, 7) is 2.70. The first kappa shape index (κ1) is 7.38. The zero-order chi connectivity index (χ0) is 8.84. The highest BCUT2D eigenvalue weighted by Crippen LogP contribution is 2.45. The summed E-state index contributed by atoms with van der Waals surface area (Å²) in [6, 6.07) is 0.757. The molecule has 0 spiro atoms. The van der Waals surface area contributed by atoms with Crippen LogP contribution in [0.25, 0.3) is 0 Å². The van der Waals surface area contributed by atoms with E-state index in [0.29, 0.717) is 6.54 Å². The molecule has 1 aromatic rings. The molecule has 4 nitrogen and oxygen atoms in total. The number of anilines is 1. The van der Waals surface area contributed by atoms with Crippen molar-refractivity contribution in [1.29, 1.82) is 0 Å². The lowest BCUT2D eigenvalue weighted by atomic mass is 10.4. The first-order chi connectivity index (χ1) is 6.36. The summed E-state index contributed by atoms with van der Waals surface area (Å²) in [5.41, 5.74) is 6.30. The molecule has 2 unspecified atom stereocenters. The van der Waals surface area contributed by atoms with Gasteiger partial charge < -0.3 is 15.1 Å². The third-order valence-corrected chi connectivity index (χ3v) is 3.00. The van der Waals surface area contributed by atoms with Gasteiger partial charge in [-0.15, -0.1) is 0 Å². The average Bonchev–Trinajstić information content (AvgIpc) is 2.67. The lowest BCUT2D eigenvalue weighted by molar-refractivity contribution is 0.538. The van der Waals surface area contributed by atoms with E-state index in [1.165, 1.54) is 6.42 Å². The Morgan fingerprint density at radius 1 is 1.54 bits per heavy atom. The number of nitrogens with zero attached hydrogens (tertiary/aromatic N) is 2. The standard InChI is InChI=1S/C9H13N3O/c10-2-8-5-13-9(11-8)12-3-6-1-7(6)4-12/h5-7H,1-4,10H2. The Hall–Kier alpha value is -1.03. The minimum absolute atomic E-state index is 0.462. The SMILES string of the molecule is NCc1coc(N2CC3CC3C2)n1. The van der Waals surface area contributed by atoms with Gasteiger partial charge in [0.1, 0.15) is 6.26 Å². The minimum Gasteiger partial charge on any atom is -0.432 e. The highest BCUT2D eigenvalue weighted by atomic mass is 16.4. The summed E-state index contributed by atoms with van der Waals surface area (Å²) in [4.78, 5) is 6.52. The number of rotatable bonds is 2. The first-order valence-electron chi connectivity index (χ1n) is 4.76. The fourth-order valence-corrected chi connectivity index (χ4v) is 2.09. The predicted octanol–water partition coefficient (Wildman–Crippen LogP) is 0.589. The van der Waals surface area contributed by atoms with Crippen LogP contribution in [0.3, 0.4) is 0 Å². The molecule has 2 fully saturated rings. The van der Waals surface area contributed by atoms with E-state index in [4.69, 9.17) is 10.2 Å². The van der Waals surface area contributed by atoms with Crippen LogP contribution in [0.4, 0.5) is 6.01 Å². The average molecular weight is 179 g/mol. The minimum atomic E-state index is 0.462. The van der Waals surface area contributed by atoms with Crippen LogP contribution in [-0.4, -0.2) is 18.1 Å². The van der Waals surface area contributed by atoms with E-state index < -0.39 is 0 Å². The van der Waals surface area contributed by atoms with Gasteiger partial charge in [-0.2, -0.15) is 4.98 Å². The first-order valence-corrected chi connectivity index (χ1v) is 4.76. The summed E-state index contributed by atoms with van der Waals surface area (Å²) >= 11 is 0. The topological polar surface area (TPSA) is 55.3 Å². The van der Waals surface area contributed by atoms with Crippen LogP contribution < -0.4 is 10.6 Å². The van der Waals surface area contributed by atoms with E-state index in [1.807, 2.05) is 0 Å². The number of nitrogens with two attached hydrogens (primary N) is 1. The molecule has 0 bridgehead atoms. The quantitative estimate of drug-likeness (QED) is 0.722. The highest BCUT2D eigenvalue weighted by molar-refractivity contribution is 5.32. The lowest BCUT2D eigenvalue weighted by Gasteiger charge is -2.13. The molecule has 0 radical (unpaired) electrons. The highest BCUT2D eigenvalue weighted by Gasteiger charge is 2.46. The van der Waals surface area contributed by atoms with Crippen molar-refractivity contribution in [3.05, 3.63) is 12.0 Å². The molecule has 1 aliphatic heterocycles. The summed E-state index contributed by atoms with van der Waals surface area (Å²) in [6.07, 6.45) is 3.06. The van der Waals surface area contributed by atoms with Crippen LogP contribution in [0.15, 0.2) is 10.7 Å². The molecule has 1 aromatic heterocycles. The lowest BCUT2D eigenvalue weighted by Crippen LogP contribution is -2.22. The second-order valence-electron chi connectivity index (χ2n) is 3.99. The maximum absolute atomic E-state index is 5.46. The van der Waals surface area contributed by atoms with Crippen LogP contribution in [0.1, 0.15) is 12.1 Å². The third kappa shape index (κ3) is 1.13. The molecule has 70 valence electrons. The molecule has 2 heterocycles. The summed E-state index contributed by atoms with van der Waals surface area (Å²) in [7, 11) is 0. The summed E-state index contributed by atoms with van der Waals surface area (Å²) in [5.74, 6) is 1.82. The number of piperidine rings is 1. The Bertz CT molecular complexity index is 312. The Kier molecular flexibility index (Phi) is 1.41. The van der Waals surface area contributed by atoms with E-state index in [9.17, 15) is 0 Å². The maximum Gasteiger partial charge on any atom is 0.297 e. The Morgan fingerprint density at radius 2 is 2.31 bits per heavy atom. The van der Waals surface area contributed by atoms with Crippen LogP contribution in [0.5, 0.6) is 0 Å². The van der Waals surface area contributed by atoms with Crippen molar-refractivity contribution < 1.29 is 4.42 Å². The second kappa shape index (κ2) is 2.48. The van der Waals surface area contributed by atoms with Crippen molar-refractivity contribution in [3.8, 4) is 0 Å². The van der Waals surface area contributed by atoms with Gasteiger partial charge in [-0.1, -0.05) is 0 Å². The van der Waals surface area contributed by atoms with Gasteiger partial charge in [0.2, 0.25) is 0 Å². The second-order valence-corrected chi connectivity index (χ2v) is 3.99. The van der Waals surface area contributed by atoms with Crippen LogP contribution in [0.2, 0.25) is 0 Å². The third-order valence-electron chi connectivity index (χ3n) is 3.00. The van der Waals surface area contributed by atoms with Crippen molar-refractivity contribution >= 4 is 6.01 Å². The summed E-state index contributed by atoms with van der Waals surface area (Å²) < 4.78 is 5.34. The van der Waals surface area contributed by atoms with Gasteiger partial charge in [0, 0.05) is 19.6 Å². The molecule has 1 aliphatic carbocycles. The molecule has 3 rings (SSSR count). The van der Waals surface area contributed by atoms with Crippen LogP contribution >= 0.6 is 0 Å². The van der Waals surface area contributed by atoms with Crippen LogP contribution in [-0.2, 0) is 6.54 Å². The molecular formula is C9H13N3O. The number of hydrogen-bond donors (Lipinski definition) is 1. The number of aromatic nitrogens is 1. The molecular weight excluding hydrogens is 166 g/mol. The van der Waals surface area contributed by atoms with Gasteiger partial charge in [0.05, 0.1) is 5.69 Å². The molecule has 2 atom stereocenters. The van der Waals surface area contributed by atoms with E-state index in [0.717, 1.165) is 36.6 Å². The van der Waals surface area contributed by atoms with Crippen molar-refractivity contribution in [3.63, 3.8) is 0 Å². The van der Waals surface area contributed by atoms with E-state index >= 15 is 0 Å². The molecule has 0 aromatic carbocycles. The molecule has 1 saturated carbocycles. The fourth-order valence-electron chi connectivity index (χ4n) is 2.09. The number of fused-ring (bicyclic) bond motifs is 1. The Balaban J connectivity index is 1.77. The molecule has 2 N–H and O–H groups in total. The monoisotopic (exact) mass is 179 g/mol. The number of hydrogen-bond acceptors (Lipinski definition) is 4. The van der Waals surface area contributed by atoms with Crippen molar-refractivity contribution in [2.75, 3.05) is 18.0 Å².